The zero-order chi connectivity index (χ0) is 14.5. The first-order valence-corrected chi connectivity index (χ1v) is 7.94. The minimum absolute atomic E-state index is 0.0348. The van der Waals surface area contributed by atoms with Gasteiger partial charge in [-0.05, 0) is 43.4 Å². The Bertz CT molecular complexity index is 289. The third kappa shape index (κ3) is 4.20. The Balaban J connectivity index is 2.60. The van der Waals surface area contributed by atoms with E-state index in [-0.39, 0.29) is 5.91 Å². The summed E-state index contributed by atoms with van der Waals surface area (Å²) in [7, 11) is 0. The fourth-order valence-corrected chi connectivity index (χ4v) is 3.46. The number of nitrogens with two attached hydrogens (primary N) is 1. The van der Waals surface area contributed by atoms with Crippen molar-refractivity contribution < 1.29 is 4.79 Å². The molecule has 0 heterocycles. The molecule has 112 valence electrons. The standard InChI is InChI=1S/C16H32N2O/c1-5-16(17,6-2)14(19)18-12-15(11-13(3)4)9-7-8-10-15/h13H,5-12,17H2,1-4H3,(H,18,19). The number of hydrogen-bond acceptors (Lipinski definition) is 2. The number of nitrogens with one attached hydrogen (secondary N) is 1. The third-order valence-electron chi connectivity index (χ3n) is 4.84. The fraction of sp³-hybridized carbons (Fsp3) is 0.938. The van der Waals surface area contributed by atoms with Crippen LogP contribution in [0.15, 0.2) is 0 Å². The van der Waals surface area contributed by atoms with Gasteiger partial charge in [-0.2, -0.15) is 0 Å². The zero-order valence-corrected chi connectivity index (χ0v) is 13.2. The van der Waals surface area contributed by atoms with Gasteiger partial charge in [-0.1, -0.05) is 40.5 Å². The molecule has 1 aliphatic rings. The highest BCUT2D eigenvalue weighted by atomic mass is 16.2. The summed E-state index contributed by atoms with van der Waals surface area (Å²) in [5.41, 5.74) is 5.80. The van der Waals surface area contributed by atoms with Crippen molar-refractivity contribution in [1.29, 1.82) is 0 Å². The molecule has 0 spiro atoms. The van der Waals surface area contributed by atoms with Gasteiger partial charge >= 0.3 is 0 Å². The number of carbonyl (C=O) groups excluding carboxylic acids is 1. The first kappa shape index (κ1) is 16.5. The van der Waals surface area contributed by atoms with Gasteiger partial charge in [-0.25, -0.2) is 0 Å². The second kappa shape index (κ2) is 6.74. The van der Waals surface area contributed by atoms with Gasteiger partial charge in [-0.3, -0.25) is 4.79 Å². The summed E-state index contributed by atoms with van der Waals surface area (Å²) < 4.78 is 0. The highest BCUT2D eigenvalue weighted by molar-refractivity contribution is 5.85. The number of amides is 1. The maximum Gasteiger partial charge on any atom is 0.240 e. The van der Waals surface area contributed by atoms with Gasteiger partial charge in [0.2, 0.25) is 5.91 Å². The van der Waals surface area contributed by atoms with Gasteiger partial charge < -0.3 is 11.1 Å². The van der Waals surface area contributed by atoms with E-state index in [1.807, 2.05) is 13.8 Å². The molecule has 0 atom stereocenters. The molecule has 19 heavy (non-hydrogen) atoms. The lowest BCUT2D eigenvalue weighted by atomic mass is 9.78. The first-order chi connectivity index (χ1) is 8.87. The Hall–Kier alpha value is -0.570. The van der Waals surface area contributed by atoms with Crippen LogP contribution in [0.3, 0.4) is 0 Å². The van der Waals surface area contributed by atoms with Gasteiger partial charge in [0.05, 0.1) is 5.54 Å². The van der Waals surface area contributed by atoms with E-state index in [0.717, 1.165) is 6.54 Å². The Kier molecular flexibility index (Phi) is 5.84. The number of rotatable bonds is 7. The average Bonchev–Trinajstić information content (AvgIpc) is 2.83. The summed E-state index contributed by atoms with van der Waals surface area (Å²) in [5, 5.41) is 3.15. The lowest BCUT2D eigenvalue weighted by Gasteiger charge is -2.33. The lowest BCUT2D eigenvalue weighted by molar-refractivity contribution is -0.127. The minimum Gasteiger partial charge on any atom is -0.354 e. The normalized spacial score (nSPS) is 18.8. The summed E-state index contributed by atoms with van der Waals surface area (Å²) in [6.45, 7) is 9.33. The molecule has 3 heteroatoms. The molecule has 1 rings (SSSR count). The van der Waals surface area contributed by atoms with Gasteiger partial charge in [0, 0.05) is 6.54 Å². The molecule has 0 bridgehead atoms. The van der Waals surface area contributed by atoms with E-state index in [2.05, 4.69) is 19.2 Å². The van der Waals surface area contributed by atoms with Gasteiger partial charge in [-0.15, -0.1) is 0 Å². The molecule has 1 fully saturated rings. The molecule has 0 aromatic rings. The van der Waals surface area contributed by atoms with Gasteiger partial charge in [0.25, 0.3) is 0 Å². The molecule has 0 saturated heterocycles. The van der Waals surface area contributed by atoms with Crippen LogP contribution in [0.4, 0.5) is 0 Å². The zero-order valence-electron chi connectivity index (χ0n) is 13.2. The van der Waals surface area contributed by atoms with Crippen molar-refractivity contribution in [2.24, 2.45) is 17.1 Å². The van der Waals surface area contributed by atoms with Crippen LogP contribution < -0.4 is 11.1 Å². The monoisotopic (exact) mass is 268 g/mol. The average molecular weight is 268 g/mol. The molecular formula is C16H32N2O. The van der Waals surface area contributed by atoms with Crippen molar-refractivity contribution in [1.82, 2.24) is 5.32 Å². The Labute approximate surface area is 118 Å². The van der Waals surface area contributed by atoms with Gasteiger partial charge in [0.1, 0.15) is 0 Å². The number of carbonyl (C=O) groups is 1. The molecule has 0 unspecified atom stereocenters. The van der Waals surface area contributed by atoms with Crippen molar-refractivity contribution in [3.05, 3.63) is 0 Å². The van der Waals surface area contributed by atoms with E-state index in [1.54, 1.807) is 0 Å². The highest BCUT2D eigenvalue weighted by Crippen LogP contribution is 2.42. The van der Waals surface area contributed by atoms with Crippen molar-refractivity contribution in [3.63, 3.8) is 0 Å². The molecule has 1 amide bonds. The maximum absolute atomic E-state index is 12.3. The molecule has 3 nitrogen and oxygen atoms in total. The van der Waals surface area contributed by atoms with Crippen LogP contribution in [-0.2, 0) is 4.79 Å². The molecule has 0 radical (unpaired) electrons. The lowest BCUT2D eigenvalue weighted by Crippen LogP contribution is -2.54. The topological polar surface area (TPSA) is 55.1 Å². The van der Waals surface area contributed by atoms with E-state index in [4.69, 9.17) is 5.73 Å². The fourth-order valence-electron chi connectivity index (χ4n) is 3.46. The van der Waals surface area contributed by atoms with Crippen LogP contribution >= 0.6 is 0 Å². The van der Waals surface area contributed by atoms with Crippen molar-refractivity contribution in [2.75, 3.05) is 6.54 Å². The van der Waals surface area contributed by atoms with Crippen LogP contribution in [0.5, 0.6) is 0 Å². The summed E-state index contributed by atoms with van der Waals surface area (Å²) >= 11 is 0. The second-order valence-electron chi connectivity index (χ2n) is 6.85. The van der Waals surface area contributed by atoms with Gasteiger partial charge in [0.15, 0.2) is 0 Å². The SMILES string of the molecule is CCC(N)(CC)C(=O)NCC1(CC(C)C)CCCC1. The Morgan fingerprint density at radius 2 is 1.79 bits per heavy atom. The molecule has 0 aromatic carbocycles. The molecule has 1 aliphatic carbocycles. The summed E-state index contributed by atoms with van der Waals surface area (Å²) in [5.74, 6) is 0.725. The van der Waals surface area contributed by atoms with Crippen LogP contribution in [-0.4, -0.2) is 18.0 Å². The molecular weight excluding hydrogens is 236 g/mol. The smallest absolute Gasteiger partial charge is 0.240 e. The van der Waals surface area contributed by atoms with E-state index < -0.39 is 5.54 Å². The number of hydrogen-bond donors (Lipinski definition) is 2. The molecule has 0 aromatic heterocycles. The highest BCUT2D eigenvalue weighted by Gasteiger charge is 2.37. The molecule has 0 aliphatic heterocycles. The van der Waals surface area contributed by atoms with E-state index in [0.29, 0.717) is 24.2 Å². The van der Waals surface area contributed by atoms with Crippen LogP contribution in [0, 0.1) is 11.3 Å². The van der Waals surface area contributed by atoms with E-state index in [1.165, 1.54) is 32.1 Å². The Morgan fingerprint density at radius 3 is 2.21 bits per heavy atom. The minimum atomic E-state index is -0.683. The van der Waals surface area contributed by atoms with Crippen LogP contribution in [0.2, 0.25) is 0 Å². The van der Waals surface area contributed by atoms with Crippen molar-refractivity contribution in [3.8, 4) is 0 Å². The molecule has 1 saturated carbocycles. The Morgan fingerprint density at radius 1 is 1.26 bits per heavy atom. The van der Waals surface area contributed by atoms with E-state index in [9.17, 15) is 4.79 Å². The van der Waals surface area contributed by atoms with Crippen molar-refractivity contribution in [2.45, 2.75) is 78.2 Å². The van der Waals surface area contributed by atoms with E-state index >= 15 is 0 Å². The summed E-state index contributed by atoms with van der Waals surface area (Å²) in [6.07, 6.45) is 7.72. The summed E-state index contributed by atoms with van der Waals surface area (Å²) in [4.78, 5) is 12.3. The summed E-state index contributed by atoms with van der Waals surface area (Å²) in [6, 6.07) is 0. The first-order valence-electron chi connectivity index (χ1n) is 7.94. The largest absolute Gasteiger partial charge is 0.354 e. The van der Waals surface area contributed by atoms with Crippen LogP contribution in [0.25, 0.3) is 0 Å². The molecule has 3 N–H and O–H groups in total. The maximum atomic E-state index is 12.3. The predicted molar refractivity (Wildman–Crippen MR) is 80.9 cm³/mol. The van der Waals surface area contributed by atoms with Crippen molar-refractivity contribution >= 4 is 5.91 Å². The van der Waals surface area contributed by atoms with Crippen LogP contribution in [0.1, 0.15) is 72.6 Å². The predicted octanol–water partition coefficient (Wildman–Crippen LogP) is 3.23. The quantitative estimate of drug-likeness (QED) is 0.745. The second-order valence-corrected chi connectivity index (χ2v) is 6.85. The third-order valence-corrected chi connectivity index (χ3v) is 4.84.